The Hall–Kier alpha value is -16.3. The highest BCUT2D eigenvalue weighted by Crippen LogP contribution is 2.43. The van der Waals surface area contributed by atoms with Crippen LogP contribution in [0.1, 0.15) is 154 Å². The lowest BCUT2D eigenvalue weighted by Crippen LogP contribution is -2.43. The topological polar surface area (TPSA) is 493 Å². The Balaban J connectivity index is 0.000000226. The Bertz CT molecular complexity index is 6640. The molecule has 37 nitrogen and oxygen atoms in total. The number of hydrogen-bond acceptors (Lipinski definition) is 27. The minimum absolute atomic E-state index is 0. The SMILES string of the molecule is C.C.C.C.CC(=O)O.CC(C)(C)OC(=O)N1CCCC(n2nc(-c3ccc(Oc4ccccc4)cc3)c3c(N)ncnc32)C1.CO.Cl.N=CN.Nc1ncnc2c1c(-c1ccc(Oc3ccccc3)cc1)nn2C1CCCN(C=O)C1.Nc1ncnc2c1c(-c1ccc(Oc3ccccc3)cc1)nn2C1CCCNC1.[C-]#[N+]c1c(-c2ccc(Oc3ccccc3)cc2)nn(C2CCCN(C(=O)OC(C)(C)C)C2)c1N. The number of fused-ring (bicyclic) bond motifs is 3. The van der Waals surface area contributed by atoms with Crippen molar-refractivity contribution in [3.05, 3.63) is 249 Å². The van der Waals surface area contributed by atoms with Crippen molar-refractivity contribution in [2.24, 2.45) is 5.73 Å². The Morgan fingerprint density at radius 1 is 0.431 bits per heavy atom. The third-order valence-corrected chi connectivity index (χ3v) is 22.3. The van der Waals surface area contributed by atoms with Gasteiger partial charge in [0.15, 0.2) is 16.9 Å². The smallest absolute Gasteiger partial charge is 0.410 e. The summed E-state index contributed by atoms with van der Waals surface area (Å²) in [5, 5.41) is 45.4. The van der Waals surface area contributed by atoms with Crippen molar-refractivity contribution in [1.29, 1.82) is 5.41 Å². The van der Waals surface area contributed by atoms with Crippen molar-refractivity contribution in [3.63, 3.8) is 0 Å². The van der Waals surface area contributed by atoms with Gasteiger partial charge in [0.2, 0.25) is 6.41 Å². The van der Waals surface area contributed by atoms with Crippen LogP contribution in [0.25, 0.3) is 83.0 Å². The molecule has 4 saturated heterocycles. The number of hydrogen-bond donors (Lipinski definition) is 9. The molecule has 38 heteroatoms. The lowest BCUT2D eigenvalue weighted by molar-refractivity contribution is -0.134. The molecule has 760 valence electrons. The van der Waals surface area contributed by atoms with Crippen LogP contribution in [-0.2, 0) is 19.1 Å². The second-order valence-corrected chi connectivity index (χ2v) is 34.7. The molecule has 14 N–H and O–H groups in total. The summed E-state index contributed by atoms with van der Waals surface area (Å²) in [7, 11) is 1.00. The number of anilines is 4. The molecule has 4 atom stereocenters. The van der Waals surface area contributed by atoms with Crippen LogP contribution in [0.5, 0.6) is 46.0 Å². The molecule has 7 aromatic heterocycles. The van der Waals surface area contributed by atoms with Crippen LogP contribution in [0.2, 0.25) is 0 Å². The summed E-state index contributed by atoms with van der Waals surface area (Å²) >= 11 is 0. The average molecular weight is 1980 g/mol. The predicted octanol–water partition coefficient (Wildman–Crippen LogP) is 21.2. The second kappa shape index (κ2) is 53.3. The maximum absolute atomic E-state index is 12.7. The number of carbonyl (C=O) groups is 4. The Morgan fingerprint density at radius 3 is 1.01 bits per heavy atom. The third-order valence-electron chi connectivity index (χ3n) is 22.3. The highest BCUT2D eigenvalue weighted by atomic mass is 35.5. The number of halogens is 1. The van der Waals surface area contributed by atoms with Crippen LogP contribution < -0.4 is 52.9 Å². The first kappa shape index (κ1) is 113. The number of carboxylic acid groups (broad SMARTS) is 1. The summed E-state index contributed by atoms with van der Waals surface area (Å²) in [5.41, 5.74) is 37.1. The van der Waals surface area contributed by atoms with Crippen molar-refractivity contribution in [2.75, 3.05) is 82.4 Å². The molecule has 15 aromatic rings. The molecule has 4 fully saturated rings. The van der Waals surface area contributed by atoms with Crippen LogP contribution in [0.4, 0.5) is 38.5 Å². The molecule has 3 amide bonds. The fourth-order valence-corrected chi connectivity index (χ4v) is 16.2. The monoisotopic (exact) mass is 1980 g/mol. The number of nitrogen functional groups attached to an aromatic ring is 4. The summed E-state index contributed by atoms with van der Waals surface area (Å²) in [6.45, 7) is 25.4. The number of nitrogens with one attached hydrogen (secondary N) is 2. The summed E-state index contributed by atoms with van der Waals surface area (Å²) in [5.74, 6) is 6.69. The van der Waals surface area contributed by atoms with E-state index in [1.165, 1.54) is 19.0 Å². The molecule has 4 aliphatic heterocycles. The number of aliphatic hydroxyl groups excluding tert-OH is 1. The van der Waals surface area contributed by atoms with Gasteiger partial charge in [-0.2, -0.15) is 20.4 Å². The number of carbonyl (C=O) groups excluding carboxylic acids is 3. The van der Waals surface area contributed by atoms with Crippen molar-refractivity contribution in [1.82, 2.24) is 89.0 Å². The molecular formula is C106H132ClN25O12. The minimum atomic E-state index is -0.833. The number of ether oxygens (including phenoxy) is 6. The minimum Gasteiger partial charge on any atom is -0.481 e. The number of nitrogens with zero attached hydrogens (tertiary/aromatic N) is 18. The molecule has 8 aromatic carbocycles. The van der Waals surface area contributed by atoms with Gasteiger partial charge in [-0.05, 0) is 238 Å². The molecule has 144 heavy (non-hydrogen) atoms. The molecule has 4 unspecified atom stereocenters. The van der Waals surface area contributed by atoms with Crippen molar-refractivity contribution < 1.29 is 57.8 Å². The first-order valence-electron chi connectivity index (χ1n) is 45.5. The Labute approximate surface area is 845 Å². The van der Waals surface area contributed by atoms with E-state index in [-0.39, 0.29) is 78.5 Å². The number of aromatic nitrogens is 14. The zero-order valence-corrected chi connectivity index (χ0v) is 79.9. The second-order valence-electron chi connectivity index (χ2n) is 34.7. The number of aliphatic carboxylic acids is 1. The number of amides is 3. The van der Waals surface area contributed by atoms with Gasteiger partial charge in [0.25, 0.3) is 11.7 Å². The maximum Gasteiger partial charge on any atom is 0.410 e. The van der Waals surface area contributed by atoms with E-state index in [1.54, 1.807) is 19.4 Å². The van der Waals surface area contributed by atoms with Crippen molar-refractivity contribution in [2.45, 2.75) is 165 Å². The van der Waals surface area contributed by atoms with Gasteiger partial charge >= 0.3 is 12.2 Å². The Morgan fingerprint density at radius 2 is 0.708 bits per heavy atom. The first-order valence-corrected chi connectivity index (χ1v) is 45.5. The Kier molecular flexibility index (Phi) is 41.8. The van der Waals surface area contributed by atoms with E-state index in [0.29, 0.717) is 95.5 Å². The zero-order valence-electron chi connectivity index (χ0n) is 79.1. The van der Waals surface area contributed by atoms with Gasteiger partial charge in [0.05, 0.1) is 53.2 Å². The van der Waals surface area contributed by atoms with Gasteiger partial charge in [-0.25, -0.2) is 58.4 Å². The van der Waals surface area contributed by atoms with E-state index in [9.17, 15) is 14.4 Å². The number of para-hydroxylation sites is 4. The fraction of sp³-hybridized carbons (Fsp3) is 0.321. The molecule has 0 aliphatic carbocycles. The molecule has 0 bridgehead atoms. The predicted molar refractivity (Wildman–Crippen MR) is 568 cm³/mol. The lowest BCUT2D eigenvalue weighted by atomic mass is 10.1. The quantitative estimate of drug-likeness (QED) is 0.0177. The summed E-state index contributed by atoms with van der Waals surface area (Å²) in [4.78, 5) is 80.5. The number of likely N-dealkylation sites (tertiary alicyclic amines) is 3. The van der Waals surface area contributed by atoms with Crippen LogP contribution >= 0.6 is 12.4 Å². The van der Waals surface area contributed by atoms with E-state index in [0.717, 1.165) is 188 Å². The number of benzene rings is 8. The number of nitrogens with two attached hydrogens (primary N) is 5. The van der Waals surface area contributed by atoms with Crippen LogP contribution in [-0.4, -0.2) is 196 Å². The number of carboxylic acids is 1. The summed E-state index contributed by atoms with van der Waals surface area (Å²) in [6.07, 6.45) is 12.8. The van der Waals surface area contributed by atoms with Gasteiger partial charge in [-0.1, -0.05) is 115 Å². The van der Waals surface area contributed by atoms with Crippen LogP contribution in [0.15, 0.2) is 237 Å². The molecular weight excluding hydrogens is 1850 g/mol. The fourth-order valence-electron chi connectivity index (χ4n) is 16.2. The third kappa shape index (κ3) is 29.4. The number of rotatable bonds is 17. The first-order chi connectivity index (χ1) is 67.2. The van der Waals surface area contributed by atoms with E-state index >= 15 is 0 Å². The highest BCUT2D eigenvalue weighted by molar-refractivity contribution is 6.00. The number of aliphatic hydroxyl groups is 1. The van der Waals surface area contributed by atoms with E-state index in [1.807, 2.05) is 274 Å². The maximum atomic E-state index is 12.7. The molecule has 4 aliphatic rings. The van der Waals surface area contributed by atoms with Gasteiger partial charge in [0, 0.05) is 76.5 Å². The van der Waals surface area contributed by atoms with Gasteiger partial charge in [0.1, 0.15) is 122 Å². The number of piperidine rings is 4. The molecule has 0 spiro atoms. The van der Waals surface area contributed by atoms with Gasteiger partial charge in [-0.3, -0.25) is 19.7 Å². The highest BCUT2D eigenvalue weighted by Gasteiger charge is 2.35. The van der Waals surface area contributed by atoms with Gasteiger partial charge < -0.3 is 87.3 Å². The molecule has 11 heterocycles. The van der Waals surface area contributed by atoms with E-state index in [4.69, 9.17) is 98.7 Å². The average Bonchev–Trinajstić information content (AvgIpc) is 1.62. The zero-order chi connectivity index (χ0) is 98.7. The van der Waals surface area contributed by atoms with Crippen LogP contribution in [0.3, 0.4) is 0 Å². The lowest BCUT2D eigenvalue weighted by Gasteiger charge is -2.34. The summed E-state index contributed by atoms with van der Waals surface area (Å²) < 4.78 is 42.2. The van der Waals surface area contributed by atoms with Crippen molar-refractivity contribution >= 4 is 105 Å². The molecule has 0 radical (unpaired) electrons. The normalized spacial score (nSPS) is 15.0. The van der Waals surface area contributed by atoms with E-state index in [2.05, 4.69) is 45.8 Å². The van der Waals surface area contributed by atoms with E-state index < -0.39 is 17.2 Å². The molecule has 0 saturated carbocycles. The van der Waals surface area contributed by atoms with Gasteiger partial charge in [-0.15, -0.1) is 12.4 Å². The summed E-state index contributed by atoms with van der Waals surface area (Å²) in [6, 6.07) is 69.3. The van der Waals surface area contributed by atoms with Crippen molar-refractivity contribution in [3.8, 4) is 91.0 Å². The molecule has 19 rings (SSSR count). The van der Waals surface area contributed by atoms with Crippen LogP contribution in [0, 0.1) is 12.0 Å². The standard InChI is InChI=1S/C27H30N6O3.C26H29N5O3.C23H22N6O2.C22H22N6O.C2H4O2.CH4N2.CH4O.4CH4.ClH/c1-27(2,3)36-26(34)32-15-7-8-19(16-32)33-25-22(24(28)29-17-30-25)23(31-33)18-11-13-21(14-12-18)35-20-9-5-4-6-10-20;1-26(2,3)34-25(32)30-16-8-9-19(17-30)31-24(27)23(28-4)22(29-31)18-12-14-21(15-13-18)33-20-10-6-5-7-11-20;24-22-20-21(16-8-10-19(11-9-16)31-18-6-2-1-3-7-18)27-29(23(20)26-14-25-22)17-5-4-12-28(13-17)15-30;23-21-19-20(15-8-10-18(11-9-15)29-17-6-2-1-3-7-17)27-28(22(19)26-14-25-21)16-5-4-12-24-13-16;1-2(3)4;2-1-3;1-2;;;;;/h4-6,9-14,17,19H,7-8,15-16H2,1-3H3,(H2,28,29,30);5-7,10-15,19H,8-9,16-17,27H2,1-3H3;1-3,6-11,14-15,17H,4-5,12-13H2,(H2,24,25,26);1-3,6-11,14,16,24H,4-5,12-13H2,(H2,23,25,26);1H3,(H,3,4);1H,(H3,2,3);2H,1H3;4*1H4;1H. The largest absolute Gasteiger partial charge is 0.481 e.